The van der Waals surface area contributed by atoms with E-state index in [1.807, 2.05) is 0 Å². The van der Waals surface area contributed by atoms with Crippen molar-refractivity contribution >= 4 is 5.78 Å². The van der Waals surface area contributed by atoms with Crippen molar-refractivity contribution in [3.8, 4) is 11.8 Å². The maximum Gasteiger partial charge on any atom is 0.157 e. The lowest BCUT2D eigenvalue weighted by Crippen LogP contribution is -2.56. The van der Waals surface area contributed by atoms with E-state index in [2.05, 4.69) is 35.8 Å². The van der Waals surface area contributed by atoms with E-state index in [4.69, 9.17) is 5.11 Å². The molecule has 1 aromatic rings. The first-order valence-electron chi connectivity index (χ1n) is 12.9. The van der Waals surface area contributed by atoms with Crippen LogP contribution in [0.1, 0.15) is 78.1 Å². The average molecular weight is 454 g/mol. The molecule has 1 aromatic heterocycles. The maximum atomic E-state index is 13.3. The summed E-state index contributed by atoms with van der Waals surface area (Å²) >= 11 is 0. The Hall–Kier alpha value is -1.71. The number of nitrogens with zero attached hydrogens (tertiary/aromatic N) is 3. The summed E-state index contributed by atoms with van der Waals surface area (Å²) in [6.45, 7) is 5.11. The normalized spacial score (nSPS) is 44.2. The van der Waals surface area contributed by atoms with Crippen LogP contribution in [0.15, 0.2) is 12.7 Å². The molecule has 0 radical (unpaired) electrons. The quantitative estimate of drug-likeness (QED) is 0.680. The molecule has 8 atom stereocenters. The zero-order chi connectivity index (χ0) is 23.3. The van der Waals surface area contributed by atoms with Crippen LogP contribution < -0.4 is 0 Å². The van der Waals surface area contributed by atoms with Crippen LogP contribution in [0.4, 0.5) is 0 Å². The van der Waals surface area contributed by atoms with Crippen LogP contribution >= 0.6 is 0 Å². The lowest BCUT2D eigenvalue weighted by Gasteiger charge is -2.62. The molecule has 6 nitrogen and oxygen atoms in total. The molecule has 6 heteroatoms. The Morgan fingerprint density at radius 1 is 1.06 bits per heavy atom. The Morgan fingerprint density at radius 3 is 2.64 bits per heavy atom. The Morgan fingerprint density at radius 2 is 1.88 bits per heavy atom. The molecule has 0 aliphatic heterocycles. The summed E-state index contributed by atoms with van der Waals surface area (Å²) < 4.78 is 1.67. The Bertz CT molecular complexity index is 936. The van der Waals surface area contributed by atoms with Crippen molar-refractivity contribution in [3.63, 3.8) is 0 Å². The van der Waals surface area contributed by atoms with Gasteiger partial charge in [0, 0.05) is 12.3 Å². The molecule has 0 aromatic carbocycles. The molecule has 4 aliphatic rings. The van der Waals surface area contributed by atoms with Gasteiger partial charge in [0.25, 0.3) is 0 Å². The number of fused-ring (bicyclic) bond motifs is 5. The van der Waals surface area contributed by atoms with Crippen LogP contribution in [0.5, 0.6) is 0 Å². The number of carbonyl (C=O) groups excluding carboxylic acids is 1. The van der Waals surface area contributed by atoms with Crippen LogP contribution in [0.2, 0.25) is 0 Å². The van der Waals surface area contributed by atoms with Gasteiger partial charge >= 0.3 is 0 Å². The highest BCUT2D eigenvalue weighted by Crippen LogP contribution is 2.68. The first kappa shape index (κ1) is 23.1. The van der Waals surface area contributed by atoms with Gasteiger partial charge in [-0.15, -0.1) is 0 Å². The first-order chi connectivity index (χ1) is 15.8. The molecule has 0 bridgehead atoms. The number of aromatic nitrogens is 3. The zero-order valence-corrected chi connectivity index (χ0v) is 20.2. The third kappa shape index (κ3) is 3.86. The second-order valence-electron chi connectivity index (χ2n) is 12.0. The highest BCUT2D eigenvalue weighted by atomic mass is 16.3. The van der Waals surface area contributed by atoms with Crippen molar-refractivity contribution in [2.75, 3.05) is 6.61 Å². The zero-order valence-electron chi connectivity index (χ0n) is 20.2. The summed E-state index contributed by atoms with van der Waals surface area (Å²) in [5, 5.41) is 24.3. The van der Waals surface area contributed by atoms with Crippen molar-refractivity contribution in [1.82, 2.24) is 14.8 Å². The van der Waals surface area contributed by atoms with Gasteiger partial charge in [0.05, 0.1) is 5.60 Å². The second-order valence-corrected chi connectivity index (χ2v) is 12.0. The summed E-state index contributed by atoms with van der Waals surface area (Å²) in [5.74, 6) is 8.75. The molecule has 4 saturated carbocycles. The van der Waals surface area contributed by atoms with Crippen molar-refractivity contribution in [1.29, 1.82) is 0 Å². The van der Waals surface area contributed by atoms with Gasteiger partial charge in [-0.1, -0.05) is 25.7 Å². The smallest absolute Gasteiger partial charge is 0.157 e. The number of Topliss-reactive ketones (excluding diaryl/α,β-unsaturated/α-hetero) is 1. The molecular formula is C27H39N3O3. The predicted molar refractivity (Wildman–Crippen MR) is 125 cm³/mol. The van der Waals surface area contributed by atoms with Crippen molar-refractivity contribution < 1.29 is 15.0 Å². The van der Waals surface area contributed by atoms with Crippen LogP contribution in [0, 0.1) is 52.3 Å². The third-order valence-electron chi connectivity index (χ3n) is 10.6. The van der Waals surface area contributed by atoms with E-state index in [-0.39, 0.29) is 23.4 Å². The van der Waals surface area contributed by atoms with Crippen molar-refractivity contribution in [2.45, 2.75) is 90.2 Å². The van der Waals surface area contributed by atoms with Gasteiger partial charge in [0.15, 0.2) is 5.78 Å². The van der Waals surface area contributed by atoms with Gasteiger partial charge in [0.1, 0.15) is 25.8 Å². The van der Waals surface area contributed by atoms with E-state index < -0.39 is 5.60 Å². The van der Waals surface area contributed by atoms with E-state index in [9.17, 15) is 9.90 Å². The number of hydrogen-bond acceptors (Lipinski definition) is 5. The molecule has 180 valence electrons. The van der Waals surface area contributed by atoms with E-state index in [1.54, 1.807) is 11.0 Å². The average Bonchev–Trinajstić information content (AvgIpc) is 3.41. The number of aliphatic hydroxyl groups excluding tert-OH is 1. The fourth-order valence-corrected chi connectivity index (χ4v) is 8.88. The third-order valence-corrected chi connectivity index (χ3v) is 10.6. The molecule has 4 fully saturated rings. The van der Waals surface area contributed by atoms with Gasteiger partial charge < -0.3 is 10.2 Å². The minimum absolute atomic E-state index is 0.108. The minimum atomic E-state index is -0.700. The lowest BCUT2D eigenvalue weighted by atomic mass is 9.43. The van der Waals surface area contributed by atoms with Crippen LogP contribution in [-0.4, -0.2) is 43.0 Å². The predicted octanol–water partition coefficient (Wildman–Crippen LogP) is 3.62. The molecule has 0 spiro atoms. The Kier molecular flexibility index (Phi) is 5.94. The summed E-state index contributed by atoms with van der Waals surface area (Å²) in [6, 6.07) is 0. The fraction of sp³-hybridized carbons (Fsp3) is 0.815. The molecule has 4 aliphatic carbocycles. The van der Waals surface area contributed by atoms with Crippen LogP contribution in [0.3, 0.4) is 0 Å². The molecule has 33 heavy (non-hydrogen) atoms. The van der Waals surface area contributed by atoms with E-state index >= 15 is 0 Å². The molecular weight excluding hydrogens is 414 g/mol. The summed E-state index contributed by atoms with van der Waals surface area (Å²) in [6.07, 6.45) is 13.3. The summed E-state index contributed by atoms with van der Waals surface area (Å²) in [5.41, 5.74) is -0.310. The van der Waals surface area contributed by atoms with E-state index in [1.165, 1.54) is 32.0 Å². The molecule has 5 rings (SSSR count). The lowest BCUT2D eigenvalue weighted by molar-refractivity contribution is -0.153. The second kappa shape index (κ2) is 8.50. The largest absolute Gasteiger partial charge is 0.389 e. The fourth-order valence-electron chi connectivity index (χ4n) is 8.88. The molecule has 2 N–H and O–H groups in total. The number of carbonyl (C=O) groups is 1. The molecule has 2 unspecified atom stereocenters. The number of hydrogen-bond donors (Lipinski definition) is 2. The monoisotopic (exact) mass is 453 g/mol. The SMILES string of the molecule is C[C@]12CC[C@H]3[C@@H](CCC4CC(O)(CC#CCO)CC[C@@]43C)[C@@H]1CC[C@@H]2C(=O)Cn1cncn1. The van der Waals surface area contributed by atoms with Crippen LogP contribution in [-0.2, 0) is 11.3 Å². The molecule has 1 heterocycles. The van der Waals surface area contributed by atoms with E-state index in [0.717, 1.165) is 32.1 Å². The number of rotatable bonds is 4. The molecule has 0 amide bonds. The highest BCUT2D eigenvalue weighted by Gasteiger charge is 2.62. The number of aliphatic hydroxyl groups is 2. The van der Waals surface area contributed by atoms with Gasteiger partial charge in [-0.25, -0.2) is 9.67 Å². The summed E-state index contributed by atoms with van der Waals surface area (Å²) in [7, 11) is 0. The van der Waals surface area contributed by atoms with Gasteiger partial charge in [0.2, 0.25) is 0 Å². The molecule has 0 saturated heterocycles. The Balaban J connectivity index is 1.30. The summed E-state index contributed by atoms with van der Waals surface area (Å²) in [4.78, 5) is 17.3. The minimum Gasteiger partial charge on any atom is -0.389 e. The van der Waals surface area contributed by atoms with Gasteiger partial charge in [-0.2, -0.15) is 5.10 Å². The first-order valence-corrected chi connectivity index (χ1v) is 12.9. The van der Waals surface area contributed by atoms with Gasteiger partial charge in [-0.05, 0) is 92.3 Å². The van der Waals surface area contributed by atoms with Gasteiger partial charge in [-0.3, -0.25) is 4.79 Å². The highest BCUT2D eigenvalue weighted by molar-refractivity contribution is 5.82. The van der Waals surface area contributed by atoms with Crippen LogP contribution in [0.25, 0.3) is 0 Å². The maximum absolute atomic E-state index is 13.3. The van der Waals surface area contributed by atoms with Crippen molar-refractivity contribution in [3.05, 3.63) is 12.7 Å². The van der Waals surface area contributed by atoms with Crippen molar-refractivity contribution in [2.24, 2.45) is 40.4 Å². The van der Waals surface area contributed by atoms with E-state index in [0.29, 0.717) is 42.4 Å². The number of ketones is 1. The standard InChI is InChI=1S/C27H39N3O3/c1-25-12-13-27(33,10-3-4-14-31)15-19(25)5-6-20-21-7-8-23(26(21,2)11-9-22(20)25)24(32)16-30-18-28-17-29-30/h17-23,31,33H,5-16H2,1-2H3/t19?,20-,21-,22-,23+,25-,26-,27?/m0/s1. The topological polar surface area (TPSA) is 88.2 Å². The Labute approximate surface area is 197 Å².